The number of halogens is 4. The van der Waals surface area contributed by atoms with Crippen molar-refractivity contribution in [3.05, 3.63) is 63.6 Å². The molecule has 0 aliphatic rings. The van der Waals surface area contributed by atoms with Gasteiger partial charge in [0.25, 0.3) is 11.8 Å². The highest BCUT2D eigenvalue weighted by Crippen LogP contribution is 2.29. The zero-order valence-electron chi connectivity index (χ0n) is 15.1. The van der Waals surface area contributed by atoms with Crippen molar-refractivity contribution in [2.24, 2.45) is 0 Å². The Balaban J connectivity index is 1.77. The molecule has 0 aliphatic heterocycles. The number of aryl methyl sites for hydroxylation is 1. The van der Waals surface area contributed by atoms with Gasteiger partial charge in [0.05, 0.1) is 5.56 Å². The number of anilines is 1. The molecule has 0 aromatic heterocycles. The molecule has 0 radical (unpaired) electrons. The van der Waals surface area contributed by atoms with E-state index in [0.29, 0.717) is 5.69 Å². The van der Waals surface area contributed by atoms with Gasteiger partial charge in [-0.1, -0.05) is 15.9 Å². The minimum absolute atomic E-state index is 0.0470. The Morgan fingerprint density at radius 3 is 2.31 bits per heavy atom. The van der Waals surface area contributed by atoms with E-state index >= 15 is 0 Å². The largest absolute Gasteiger partial charge is 0.454 e. The second-order valence-corrected chi connectivity index (χ2v) is 6.84. The van der Waals surface area contributed by atoms with Crippen molar-refractivity contribution in [2.45, 2.75) is 13.1 Å². The summed E-state index contributed by atoms with van der Waals surface area (Å²) in [5, 5.41) is 4.80. The summed E-state index contributed by atoms with van der Waals surface area (Å²) in [5.41, 5.74) is 0.433. The lowest BCUT2D eigenvalue weighted by Crippen LogP contribution is -2.32. The number of esters is 1. The number of ether oxygens (including phenoxy) is 1. The van der Waals surface area contributed by atoms with Crippen LogP contribution in [-0.2, 0) is 20.5 Å². The molecule has 0 bridgehead atoms. The van der Waals surface area contributed by atoms with Gasteiger partial charge in [0.2, 0.25) is 0 Å². The lowest BCUT2D eigenvalue weighted by molar-refractivity contribution is -0.146. The molecule has 2 amide bonds. The summed E-state index contributed by atoms with van der Waals surface area (Å²) < 4.78 is 43.1. The third-order valence-corrected chi connectivity index (χ3v) is 4.19. The Morgan fingerprint density at radius 2 is 1.72 bits per heavy atom. The quantitative estimate of drug-likeness (QED) is 0.628. The maximum atomic E-state index is 12.5. The molecular formula is C19H16BrF3N2O4. The van der Waals surface area contributed by atoms with Gasteiger partial charge in [-0.05, 0) is 55.0 Å². The maximum Gasteiger partial charge on any atom is 0.416 e. The fourth-order valence-electron chi connectivity index (χ4n) is 2.22. The second kappa shape index (κ2) is 9.55. The highest BCUT2D eigenvalue weighted by molar-refractivity contribution is 9.10. The molecule has 0 aliphatic carbocycles. The van der Waals surface area contributed by atoms with Gasteiger partial charge in [0.15, 0.2) is 6.61 Å². The molecule has 6 nitrogen and oxygen atoms in total. The van der Waals surface area contributed by atoms with E-state index in [9.17, 15) is 27.6 Å². The predicted molar refractivity (Wildman–Crippen MR) is 102 cm³/mol. The summed E-state index contributed by atoms with van der Waals surface area (Å²) in [4.78, 5) is 35.4. The first kappa shape index (κ1) is 22.4. The molecule has 0 unspecified atom stereocenters. The Labute approximate surface area is 172 Å². The van der Waals surface area contributed by atoms with Crippen LogP contribution in [0.2, 0.25) is 0 Å². The zero-order chi connectivity index (χ0) is 21.6. The molecule has 2 rings (SSSR count). The van der Waals surface area contributed by atoms with Crippen LogP contribution in [0.1, 0.15) is 21.5 Å². The van der Waals surface area contributed by atoms with Crippen LogP contribution < -0.4 is 10.6 Å². The van der Waals surface area contributed by atoms with Gasteiger partial charge in [-0.25, -0.2) is 0 Å². The van der Waals surface area contributed by atoms with Crippen molar-refractivity contribution in [1.29, 1.82) is 0 Å². The van der Waals surface area contributed by atoms with Crippen molar-refractivity contribution < 1.29 is 32.3 Å². The molecular weight excluding hydrogens is 457 g/mol. The second-order valence-electron chi connectivity index (χ2n) is 5.93. The standard InChI is InChI=1S/C19H16BrF3N2O4/c1-11-8-14(20)6-7-15(11)25-16(26)10-29-17(27)9-24-18(28)12-2-4-13(5-3-12)19(21,22)23/h2-8H,9-10H2,1H3,(H,24,28)(H,25,26). The number of carbonyl (C=O) groups is 3. The first-order valence-corrected chi connectivity index (χ1v) is 9.02. The van der Waals surface area contributed by atoms with Crippen LogP contribution >= 0.6 is 15.9 Å². The van der Waals surface area contributed by atoms with Crippen molar-refractivity contribution in [3.63, 3.8) is 0 Å². The molecule has 0 spiro atoms. The normalized spacial score (nSPS) is 10.9. The molecule has 0 heterocycles. The van der Waals surface area contributed by atoms with Crippen LogP contribution in [0.15, 0.2) is 46.9 Å². The van der Waals surface area contributed by atoms with Gasteiger partial charge in [0, 0.05) is 15.7 Å². The van der Waals surface area contributed by atoms with Crippen molar-refractivity contribution >= 4 is 39.4 Å². The van der Waals surface area contributed by atoms with E-state index in [1.165, 1.54) is 0 Å². The van der Waals surface area contributed by atoms with Crippen LogP contribution in [0.3, 0.4) is 0 Å². The Morgan fingerprint density at radius 1 is 1.07 bits per heavy atom. The van der Waals surface area contributed by atoms with E-state index in [0.717, 1.165) is 34.3 Å². The molecule has 0 saturated heterocycles. The number of hydrogen-bond donors (Lipinski definition) is 2. The maximum absolute atomic E-state index is 12.5. The van der Waals surface area contributed by atoms with E-state index in [-0.39, 0.29) is 5.56 Å². The van der Waals surface area contributed by atoms with Crippen LogP contribution in [-0.4, -0.2) is 30.9 Å². The summed E-state index contributed by atoms with van der Waals surface area (Å²) >= 11 is 3.30. The Bertz CT molecular complexity index is 915. The number of hydrogen-bond acceptors (Lipinski definition) is 4. The third-order valence-electron chi connectivity index (χ3n) is 3.69. The molecule has 0 atom stereocenters. The molecule has 0 fully saturated rings. The minimum atomic E-state index is -4.51. The molecule has 2 aromatic rings. The average Bonchev–Trinajstić information content (AvgIpc) is 2.66. The highest BCUT2D eigenvalue weighted by atomic mass is 79.9. The van der Waals surface area contributed by atoms with Gasteiger partial charge < -0.3 is 15.4 Å². The fourth-order valence-corrected chi connectivity index (χ4v) is 2.69. The van der Waals surface area contributed by atoms with E-state index in [4.69, 9.17) is 4.74 Å². The summed E-state index contributed by atoms with van der Waals surface area (Å²) in [7, 11) is 0. The highest BCUT2D eigenvalue weighted by Gasteiger charge is 2.30. The number of benzene rings is 2. The molecule has 2 N–H and O–H groups in total. The molecule has 0 saturated carbocycles. The lowest BCUT2D eigenvalue weighted by atomic mass is 10.1. The van der Waals surface area contributed by atoms with Gasteiger partial charge in [0.1, 0.15) is 6.54 Å². The first-order chi connectivity index (χ1) is 13.6. The summed E-state index contributed by atoms with van der Waals surface area (Å²) in [6.45, 7) is 0.706. The van der Waals surface area contributed by atoms with Crippen LogP contribution in [0, 0.1) is 6.92 Å². The van der Waals surface area contributed by atoms with Crippen molar-refractivity contribution in [1.82, 2.24) is 5.32 Å². The summed E-state index contributed by atoms with van der Waals surface area (Å²) in [5.74, 6) is -2.17. The number of rotatable bonds is 6. The Kier molecular flexibility index (Phi) is 7.38. The van der Waals surface area contributed by atoms with Gasteiger partial charge in [-0.15, -0.1) is 0 Å². The zero-order valence-corrected chi connectivity index (χ0v) is 16.7. The SMILES string of the molecule is Cc1cc(Br)ccc1NC(=O)COC(=O)CNC(=O)c1ccc(C(F)(F)F)cc1. The van der Waals surface area contributed by atoms with E-state index < -0.39 is 42.7 Å². The van der Waals surface area contributed by atoms with E-state index in [2.05, 4.69) is 26.6 Å². The fraction of sp³-hybridized carbons (Fsp3) is 0.211. The number of alkyl halides is 3. The number of nitrogens with one attached hydrogen (secondary N) is 2. The molecule has 10 heteroatoms. The van der Waals surface area contributed by atoms with Crippen molar-refractivity contribution in [2.75, 3.05) is 18.5 Å². The van der Waals surface area contributed by atoms with E-state index in [1.54, 1.807) is 25.1 Å². The topological polar surface area (TPSA) is 84.5 Å². The molecule has 2 aromatic carbocycles. The molecule has 29 heavy (non-hydrogen) atoms. The number of carbonyl (C=O) groups excluding carboxylic acids is 3. The first-order valence-electron chi connectivity index (χ1n) is 8.23. The van der Waals surface area contributed by atoms with Crippen molar-refractivity contribution in [3.8, 4) is 0 Å². The summed E-state index contributed by atoms with van der Waals surface area (Å²) in [6, 6.07) is 8.76. The van der Waals surface area contributed by atoms with Crippen LogP contribution in [0.4, 0.5) is 18.9 Å². The predicted octanol–water partition coefficient (Wildman–Crippen LogP) is 3.69. The summed E-state index contributed by atoms with van der Waals surface area (Å²) in [6.07, 6.45) is -4.51. The third kappa shape index (κ3) is 6.90. The Hall–Kier alpha value is -2.88. The van der Waals surface area contributed by atoms with E-state index in [1.807, 2.05) is 0 Å². The van der Waals surface area contributed by atoms with Gasteiger partial charge in [-0.3, -0.25) is 14.4 Å². The van der Waals surface area contributed by atoms with Gasteiger partial charge in [-0.2, -0.15) is 13.2 Å². The monoisotopic (exact) mass is 472 g/mol. The number of amides is 2. The molecule has 154 valence electrons. The smallest absolute Gasteiger partial charge is 0.416 e. The average molecular weight is 473 g/mol. The van der Waals surface area contributed by atoms with Crippen LogP contribution in [0.25, 0.3) is 0 Å². The lowest BCUT2D eigenvalue weighted by Gasteiger charge is -2.10. The minimum Gasteiger partial charge on any atom is -0.454 e. The van der Waals surface area contributed by atoms with Crippen LogP contribution in [0.5, 0.6) is 0 Å². The van der Waals surface area contributed by atoms with Gasteiger partial charge >= 0.3 is 12.1 Å².